The maximum absolute atomic E-state index is 13.8. The van der Waals surface area contributed by atoms with Gasteiger partial charge in [-0.2, -0.15) is 41.6 Å². The van der Waals surface area contributed by atoms with Crippen molar-refractivity contribution in [2.24, 2.45) is 0 Å². The predicted octanol–water partition coefficient (Wildman–Crippen LogP) is 14.4. The predicted molar refractivity (Wildman–Crippen MR) is 363 cm³/mol. The van der Waals surface area contributed by atoms with Crippen molar-refractivity contribution in [3.63, 3.8) is 0 Å². The molecule has 19 nitrogen and oxygen atoms in total. The average molecular weight is 1370 g/mol. The topological polar surface area (TPSA) is 228 Å². The lowest BCUT2D eigenvalue weighted by molar-refractivity contribution is -0.142. The summed E-state index contributed by atoms with van der Waals surface area (Å²) >= 11 is 0. The van der Waals surface area contributed by atoms with Crippen molar-refractivity contribution in [1.29, 1.82) is 0 Å². The number of carboxylic acids is 1. The van der Waals surface area contributed by atoms with Gasteiger partial charge in [0.05, 0.1) is 60.3 Å². The second kappa shape index (κ2) is 30.1. The number of hydrogen-bond donors (Lipinski definition) is 6. The van der Waals surface area contributed by atoms with Crippen molar-refractivity contribution in [3.8, 4) is 0 Å². The van der Waals surface area contributed by atoms with Crippen LogP contribution in [0.2, 0.25) is 0 Å². The van der Waals surface area contributed by atoms with Crippen molar-refractivity contribution in [2.75, 3.05) is 34.3 Å². The molecule has 3 amide bonds. The Kier molecular flexibility index (Phi) is 21.9. The van der Waals surface area contributed by atoms with E-state index in [1.165, 1.54) is 65.9 Å². The molecule has 0 spiro atoms. The number of anilines is 3. The van der Waals surface area contributed by atoms with E-state index in [4.69, 9.17) is 5.11 Å². The van der Waals surface area contributed by atoms with Crippen LogP contribution in [0.4, 0.5) is 48.2 Å². The maximum Gasteiger partial charge on any atom is 0.436 e. The summed E-state index contributed by atoms with van der Waals surface area (Å²) in [6.07, 6.45) is -9.55. The summed E-state index contributed by atoms with van der Waals surface area (Å²) in [5, 5.41) is 49.4. The summed E-state index contributed by atoms with van der Waals surface area (Å²) in [4.78, 5) is 56.2. The number of carbonyl (C=O) groups excluding carboxylic acids is 3. The van der Waals surface area contributed by atoms with Gasteiger partial charge in [-0.1, -0.05) is 136 Å². The lowest BCUT2D eigenvalue weighted by Gasteiger charge is -2.21. The molecule has 0 saturated carbocycles. The van der Waals surface area contributed by atoms with E-state index in [1.54, 1.807) is 30.3 Å². The van der Waals surface area contributed by atoms with Crippen LogP contribution in [0.15, 0.2) is 165 Å². The standard InChI is InChI=1S/C24H20F6N4O3.C24H25FN4O2.C24H26N4O2.CH4/c1-13(15-5-7-16(8-6-15)22(36)37)31-20(35)18-19(24(28,29)30)32-34-10-9-33(21(18)34)12-14-3-2-4-17(11-14)23(25,26)27;1-15(19-7-9-20(10-8-19)17(3)30)26-23(31)22-16(2)27-29-12-11-28(24(22)29)14-18-5-4-6-21(25)13-18;1-16(20-9-11-21(12-10-20)18(3)29)25-23(30)22-17(2)26-28-14-13-27(24(22)28)15-19-7-5-4-6-8-19;/h2-8,11,13H,9-10,12H2,1H3,(H,31,35)(H,36,37);4-10,13,15,30H,3,11-12,14H2,1-2H3,(H,26,31);4-12,16,29H,3,13-15H2,1-2H3,(H,25,30);1H4/t13-;15-;16-;/m000./s1. The second-order valence-corrected chi connectivity index (χ2v) is 24.0. The van der Waals surface area contributed by atoms with E-state index >= 15 is 0 Å². The van der Waals surface area contributed by atoms with E-state index in [0.29, 0.717) is 53.1 Å². The third-order valence-corrected chi connectivity index (χ3v) is 17.0. The summed E-state index contributed by atoms with van der Waals surface area (Å²) < 4.78 is 99.2. The number of fused-ring (bicyclic) bond motifs is 3. The number of carbonyl (C=O) groups is 4. The number of hydrogen-bond acceptors (Lipinski definition) is 12. The molecule has 0 fully saturated rings. The monoisotopic (exact) mass is 1360 g/mol. The molecule has 0 radical (unpaired) electrons. The molecule has 6 N–H and O–H groups in total. The van der Waals surface area contributed by atoms with Crippen molar-refractivity contribution in [2.45, 2.75) is 112 Å². The smallest absolute Gasteiger partial charge is 0.436 e. The van der Waals surface area contributed by atoms with Gasteiger partial charge in [-0.3, -0.25) is 14.4 Å². The number of benzene rings is 6. The fourth-order valence-corrected chi connectivity index (χ4v) is 12.0. The van der Waals surface area contributed by atoms with Crippen molar-refractivity contribution >= 4 is 52.7 Å². The number of alkyl halides is 6. The van der Waals surface area contributed by atoms with E-state index < -0.39 is 47.1 Å². The lowest BCUT2D eigenvalue weighted by atomic mass is 10.0. The number of aliphatic hydroxyl groups is 2. The molecule has 0 saturated heterocycles. The number of halogens is 7. The highest BCUT2D eigenvalue weighted by molar-refractivity contribution is 6.02. The van der Waals surface area contributed by atoms with Gasteiger partial charge in [-0.15, -0.1) is 0 Å². The Morgan fingerprint density at radius 1 is 0.465 bits per heavy atom. The molecule has 3 atom stereocenters. The van der Waals surface area contributed by atoms with E-state index in [1.807, 2.05) is 85.6 Å². The van der Waals surface area contributed by atoms with E-state index in [2.05, 4.69) is 66.3 Å². The highest BCUT2D eigenvalue weighted by Crippen LogP contribution is 2.40. The van der Waals surface area contributed by atoms with Gasteiger partial charge >= 0.3 is 18.3 Å². The van der Waals surface area contributed by atoms with Crippen LogP contribution in [-0.2, 0) is 51.6 Å². The zero-order valence-electron chi connectivity index (χ0n) is 54.1. The van der Waals surface area contributed by atoms with Crippen LogP contribution in [0.5, 0.6) is 0 Å². The fraction of sp³-hybridized carbons (Fsp3) is 0.274. The number of amides is 3. The highest BCUT2D eigenvalue weighted by Gasteiger charge is 2.45. The number of nitrogens with zero attached hydrogens (tertiary/aromatic N) is 9. The number of rotatable bonds is 18. The molecular formula is C73H75F7N12O7. The van der Waals surface area contributed by atoms with Gasteiger partial charge in [-0.05, 0) is 104 Å². The summed E-state index contributed by atoms with van der Waals surface area (Å²) in [6, 6.07) is 40.1. The number of aliphatic hydroxyl groups excluding tert-OH is 2. The Morgan fingerprint density at radius 2 is 0.828 bits per heavy atom. The minimum Gasteiger partial charge on any atom is -0.508 e. The largest absolute Gasteiger partial charge is 0.508 e. The molecule has 3 aromatic heterocycles. The van der Waals surface area contributed by atoms with Gasteiger partial charge in [0.25, 0.3) is 17.7 Å². The lowest BCUT2D eigenvalue weighted by Crippen LogP contribution is -2.31. The molecule has 518 valence electrons. The molecule has 12 rings (SSSR count). The SMILES string of the molecule is C.C=C(O)c1ccc([C@H](C)NC(=O)c2c(C)nn3c2N(Cc2cccc(F)c2)CC3)cc1.C=C(O)c1ccc([C@H](C)NC(=O)c2c(C)nn3c2N(Cc2ccccc2)CC3)cc1.C[C@H](NC(=O)c1c(C(F)(F)F)nn2c1N(Cc1cccc(C(F)(F)F)c1)CC2)c1ccc(C(=O)O)cc1. The van der Waals surface area contributed by atoms with Crippen molar-refractivity contribution < 1.29 is 65.2 Å². The average Bonchev–Trinajstić information content (AvgIpc) is 1.61. The summed E-state index contributed by atoms with van der Waals surface area (Å²) in [7, 11) is 0. The van der Waals surface area contributed by atoms with Crippen LogP contribution in [0.25, 0.3) is 11.5 Å². The summed E-state index contributed by atoms with van der Waals surface area (Å²) in [6.45, 7) is 20.4. The Balaban J connectivity index is 0.000000174. The quantitative estimate of drug-likeness (QED) is 0.0347. The third-order valence-electron chi connectivity index (χ3n) is 17.0. The molecule has 6 heterocycles. The number of aryl methyl sites for hydroxylation is 2. The van der Waals surface area contributed by atoms with Gasteiger partial charge in [-0.25, -0.2) is 23.2 Å². The molecule has 3 aliphatic rings. The minimum absolute atomic E-state index is 0. The second-order valence-electron chi connectivity index (χ2n) is 24.0. The Labute approximate surface area is 567 Å². The zero-order chi connectivity index (χ0) is 70.5. The normalized spacial score (nSPS) is 13.8. The van der Waals surface area contributed by atoms with Crippen LogP contribution in [0, 0.1) is 19.7 Å². The van der Waals surface area contributed by atoms with Crippen LogP contribution < -0.4 is 30.7 Å². The molecule has 0 bridgehead atoms. The summed E-state index contributed by atoms with van der Waals surface area (Å²) in [5.74, 6) is -1.29. The minimum atomic E-state index is -4.96. The van der Waals surface area contributed by atoms with Crippen LogP contribution in [0.3, 0.4) is 0 Å². The first-order chi connectivity index (χ1) is 46.5. The third kappa shape index (κ3) is 16.6. The fourth-order valence-electron chi connectivity index (χ4n) is 12.0. The van der Waals surface area contributed by atoms with Gasteiger partial charge in [0.15, 0.2) is 5.69 Å². The van der Waals surface area contributed by atoms with Gasteiger partial charge in [0.1, 0.15) is 51.5 Å². The molecule has 6 aromatic carbocycles. The number of aromatic carboxylic acids is 1. The van der Waals surface area contributed by atoms with E-state index in [9.17, 15) is 60.1 Å². The van der Waals surface area contributed by atoms with Gasteiger partial charge in [0, 0.05) is 50.4 Å². The van der Waals surface area contributed by atoms with Crippen LogP contribution in [-0.4, -0.2) is 88.0 Å². The van der Waals surface area contributed by atoms with Crippen LogP contribution >= 0.6 is 0 Å². The highest BCUT2D eigenvalue weighted by atomic mass is 19.4. The van der Waals surface area contributed by atoms with Gasteiger partial charge < -0.3 is 46.0 Å². The molecule has 99 heavy (non-hydrogen) atoms. The van der Waals surface area contributed by atoms with E-state index in [-0.39, 0.29) is 85.2 Å². The summed E-state index contributed by atoms with van der Waals surface area (Å²) in [5.41, 5.74) is 5.43. The number of carboxylic acid groups (broad SMARTS) is 1. The molecule has 0 unspecified atom stereocenters. The molecular weight excluding hydrogens is 1290 g/mol. The zero-order valence-corrected chi connectivity index (χ0v) is 54.1. The van der Waals surface area contributed by atoms with Crippen molar-refractivity contribution in [3.05, 3.63) is 260 Å². The first kappa shape index (κ1) is 72.1. The number of nitrogens with one attached hydrogen (secondary N) is 3. The first-order valence-electron chi connectivity index (χ1n) is 31.3. The van der Waals surface area contributed by atoms with Crippen molar-refractivity contribution in [1.82, 2.24) is 45.3 Å². The van der Waals surface area contributed by atoms with Crippen LogP contribution in [0.1, 0.15) is 155 Å². The number of aromatic nitrogens is 6. The Morgan fingerprint density at radius 3 is 1.22 bits per heavy atom. The molecule has 0 aliphatic carbocycles. The maximum atomic E-state index is 13.8. The van der Waals surface area contributed by atoms with Gasteiger partial charge in [0.2, 0.25) is 0 Å². The Bertz CT molecular complexity index is 4430. The van der Waals surface area contributed by atoms with E-state index in [0.717, 1.165) is 70.5 Å². The Hall–Kier alpha value is -11.2. The first-order valence-corrected chi connectivity index (χ1v) is 31.3. The molecule has 3 aliphatic heterocycles. The molecule has 9 aromatic rings. The molecule has 26 heteroatoms.